The van der Waals surface area contributed by atoms with E-state index >= 15 is 0 Å². The molecule has 0 amide bonds. The van der Waals surface area contributed by atoms with Crippen molar-refractivity contribution in [2.45, 2.75) is 85.0 Å². The molecule has 248 valence electrons. The van der Waals surface area contributed by atoms with Gasteiger partial charge >= 0.3 is 5.76 Å². The Bertz CT molecular complexity index is 1840. The minimum Gasteiger partial charge on any atom is -0.379 e. The largest absolute Gasteiger partial charge is 0.439 e. The van der Waals surface area contributed by atoms with E-state index in [1.165, 1.54) is 6.92 Å². The van der Waals surface area contributed by atoms with E-state index in [2.05, 4.69) is 17.1 Å². The number of hydrogen-bond acceptors (Lipinski definition) is 6. The molecule has 9 heteroatoms. The van der Waals surface area contributed by atoms with Crippen LogP contribution in [0.15, 0.2) is 93.0 Å². The number of alkyl halides is 1. The number of ether oxygens (including phenoxy) is 1. The number of nitrogens with zero attached hydrogens (tertiary/aromatic N) is 3. The Balaban J connectivity index is 0.000000762. The third-order valence-electron chi connectivity index (χ3n) is 7.82. The molecule has 0 radical (unpaired) electrons. The van der Waals surface area contributed by atoms with Crippen molar-refractivity contribution < 1.29 is 13.7 Å². The normalized spacial score (nSPS) is 13.5. The van der Waals surface area contributed by atoms with E-state index in [-0.39, 0.29) is 16.9 Å². The number of aromatic nitrogens is 4. The van der Waals surface area contributed by atoms with Crippen molar-refractivity contribution in [2.24, 2.45) is 0 Å². The van der Waals surface area contributed by atoms with E-state index in [1.807, 2.05) is 99.7 Å². The minimum absolute atomic E-state index is 0.0417. The number of aromatic amines is 1. The molecule has 47 heavy (non-hydrogen) atoms. The first-order valence-electron chi connectivity index (χ1n) is 16.1. The number of rotatable bonds is 10. The van der Waals surface area contributed by atoms with Crippen LogP contribution in [0.5, 0.6) is 0 Å². The number of unbranched alkanes of at least 4 members (excludes halogenated alkanes) is 1. The van der Waals surface area contributed by atoms with E-state index < -0.39 is 11.9 Å². The second kappa shape index (κ2) is 16.3. The maximum absolute atomic E-state index is 14.8. The molecule has 0 saturated heterocycles. The smallest absolute Gasteiger partial charge is 0.379 e. The highest BCUT2D eigenvalue weighted by molar-refractivity contribution is 5.80. The van der Waals surface area contributed by atoms with Crippen molar-refractivity contribution in [3.8, 4) is 22.5 Å². The number of halogens is 1. The molecule has 0 spiro atoms. The predicted molar refractivity (Wildman–Crippen MR) is 186 cm³/mol. The fourth-order valence-corrected chi connectivity index (χ4v) is 5.08. The Morgan fingerprint density at radius 1 is 1.04 bits per heavy atom. The summed E-state index contributed by atoms with van der Waals surface area (Å²) in [6, 6.07) is 15.7. The lowest BCUT2D eigenvalue weighted by Crippen LogP contribution is -2.31. The van der Waals surface area contributed by atoms with Crippen LogP contribution in [-0.4, -0.2) is 32.4 Å². The SMILES string of the molecule is CCCCc1nc(C(C)F)c(C2=CCC=CC=C2)c(=O)n1CCc1ccc(-c2ccccc2-c2noc(=O)[nH]2)cc1.COC(C)(C)C. The molecule has 4 aromatic rings. The van der Waals surface area contributed by atoms with Crippen molar-refractivity contribution in [3.05, 3.63) is 122 Å². The second-order valence-corrected chi connectivity index (χ2v) is 12.4. The first kappa shape index (κ1) is 35.2. The fourth-order valence-electron chi connectivity index (χ4n) is 5.08. The van der Waals surface area contributed by atoms with E-state index in [9.17, 15) is 14.0 Å². The topological polar surface area (TPSA) is 103 Å². The summed E-state index contributed by atoms with van der Waals surface area (Å²) in [5.41, 5.74) is 4.79. The average molecular weight is 641 g/mol. The lowest BCUT2D eigenvalue weighted by atomic mass is 9.97. The summed E-state index contributed by atoms with van der Waals surface area (Å²) < 4.78 is 26.2. The van der Waals surface area contributed by atoms with Gasteiger partial charge in [-0.15, -0.1) is 0 Å². The predicted octanol–water partition coefficient (Wildman–Crippen LogP) is 8.20. The van der Waals surface area contributed by atoms with Crippen molar-refractivity contribution in [2.75, 3.05) is 7.11 Å². The molecule has 0 aliphatic heterocycles. The minimum atomic E-state index is -1.36. The average Bonchev–Trinajstić information content (AvgIpc) is 3.31. The molecule has 8 nitrogen and oxygen atoms in total. The van der Waals surface area contributed by atoms with Crippen LogP contribution >= 0.6 is 0 Å². The molecule has 0 saturated carbocycles. The van der Waals surface area contributed by atoms with Gasteiger partial charge in [0.25, 0.3) is 5.56 Å². The highest BCUT2D eigenvalue weighted by Crippen LogP contribution is 2.30. The maximum Gasteiger partial charge on any atom is 0.439 e. The third kappa shape index (κ3) is 9.45. The summed E-state index contributed by atoms with van der Waals surface area (Å²) in [5, 5.41) is 3.84. The van der Waals surface area contributed by atoms with E-state index in [0.717, 1.165) is 35.1 Å². The standard InChI is InChI=1S/C33H33FN4O3.C5H12O/c1-3-4-15-28-35-30(22(2)34)29(25-11-7-5-6-8-12-25)32(39)38(28)21-20-23-16-18-24(19-17-23)26-13-9-10-14-27(26)31-36-33(40)41-37-31;1-5(2,3)6-4/h5-7,9-14,16-19,22H,3-4,8,15,20-21H2,1-2H3,(H,36,37,40);1-4H3. The van der Waals surface area contributed by atoms with Gasteiger partial charge in [-0.05, 0) is 69.2 Å². The van der Waals surface area contributed by atoms with Crippen molar-refractivity contribution >= 4 is 5.57 Å². The van der Waals surface area contributed by atoms with Gasteiger partial charge in [-0.2, -0.15) is 0 Å². The summed E-state index contributed by atoms with van der Waals surface area (Å²) >= 11 is 0. The zero-order valence-electron chi connectivity index (χ0n) is 28.2. The summed E-state index contributed by atoms with van der Waals surface area (Å²) in [7, 11) is 1.71. The Morgan fingerprint density at radius 3 is 2.36 bits per heavy atom. The van der Waals surface area contributed by atoms with Crippen LogP contribution in [0.4, 0.5) is 4.39 Å². The third-order valence-corrected chi connectivity index (χ3v) is 7.82. The van der Waals surface area contributed by atoms with E-state index in [4.69, 9.17) is 14.2 Å². The van der Waals surface area contributed by atoms with Crippen LogP contribution in [0, 0.1) is 0 Å². The van der Waals surface area contributed by atoms with Gasteiger partial charge in [-0.1, -0.05) is 97.4 Å². The van der Waals surface area contributed by atoms with Gasteiger partial charge in [-0.25, -0.2) is 14.2 Å². The molecule has 0 bridgehead atoms. The number of aryl methyl sites for hydroxylation is 2. The van der Waals surface area contributed by atoms with Crippen molar-refractivity contribution in [3.63, 3.8) is 0 Å². The van der Waals surface area contributed by atoms with Gasteiger partial charge in [0, 0.05) is 25.6 Å². The van der Waals surface area contributed by atoms with Gasteiger partial charge in [0.15, 0.2) is 5.82 Å². The van der Waals surface area contributed by atoms with Gasteiger partial charge in [-0.3, -0.25) is 18.9 Å². The van der Waals surface area contributed by atoms with E-state index in [0.29, 0.717) is 48.6 Å². The second-order valence-electron chi connectivity index (χ2n) is 12.4. The van der Waals surface area contributed by atoms with Crippen molar-refractivity contribution in [1.82, 2.24) is 19.7 Å². The first-order chi connectivity index (χ1) is 22.5. The molecule has 1 N–H and O–H groups in total. The molecule has 2 aromatic heterocycles. The molecule has 1 aliphatic rings. The van der Waals surface area contributed by atoms with Crippen LogP contribution in [0.25, 0.3) is 28.1 Å². The summed E-state index contributed by atoms with van der Waals surface area (Å²) in [5.74, 6) is 0.398. The number of H-pyrrole nitrogens is 1. The van der Waals surface area contributed by atoms with Gasteiger partial charge in [0.05, 0.1) is 16.9 Å². The number of nitrogens with one attached hydrogen (secondary N) is 1. The number of allylic oxidation sites excluding steroid dienone is 6. The van der Waals surface area contributed by atoms with Crippen LogP contribution in [-0.2, 0) is 24.1 Å². The molecule has 1 atom stereocenters. The number of hydrogen-bond donors (Lipinski definition) is 1. The van der Waals surface area contributed by atoms with Gasteiger partial charge in [0.2, 0.25) is 0 Å². The molecule has 2 aromatic carbocycles. The zero-order chi connectivity index (χ0) is 34.0. The highest BCUT2D eigenvalue weighted by atomic mass is 19.1. The van der Waals surface area contributed by atoms with Crippen LogP contribution in [0.1, 0.15) is 82.7 Å². The lowest BCUT2D eigenvalue weighted by Gasteiger charge is -2.18. The number of benzene rings is 2. The Morgan fingerprint density at radius 2 is 1.74 bits per heavy atom. The molecule has 1 aliphatic carbocycles. The zero-order valence-corrected chi connectivity index (χ0v) is 28.2. The van der Waals surface area contributed by atoms with Crippen molar-refractivity contribution in [1.29, 1.82) is 0 Å². The van der Waals surface area contributed by atoms with Gasteiger partial charge in [0.1, 0.15) is 12.0 Å². The highest BCUT2D eigenvalue weighted by Gasteiger charge is 2.22. The molecule has 1 unspecified atom stereocenters. The molecular weight excluding hydrogens is 595 g/mol. The first-order valence-corrected chi connectivity index (χ1v) is 16.1. The van der Waals surface area contributed by atoms with E-state index in [1.54, 1.807) is 11.7 Å². The molecule has 0 fully saturated rings. The van der Waals surface area contributed by atoms with Gasteiger partial charge < -0.3 is 4.74 Å². The lowest BCUT2D eigenvalue weighted by molar-refractivity contribution is 0.0397. The molecule has 2 heterocycles. The van der Waals surface area contributed by atoms with Crippen LogP contribution in [0.2, 0.25) is 0 Å². The molecule has 5 rings (SSSR count). The van der Waals surface area contributed by atoms with Crippen LogP contribution in [0.3, 0.4) is 0 Å². The summed E-state index contributed by atoms with van der Waals surface area (Å²) in [4.78, 5) is 32.8. The summed E-state index contributed by atoms with van der Waals surface area (Å²) in [6.45, 7) is 10.0. The van der Waals surface area contributed by atoms with Crippen LogP contribution < -0.4 is 11.3 Å². The number of methoxy groups -OCH3 is 1. The Labute approximate surface area is 275 Å². The maximum atomic E-state index is 14.8. The summed E-state index contributed by atoms with van der Waals surface area (Å²) in [6.07, 6.45) is 12.0. The Hall–Kier alpha value is -4.63. The quantitative estimate of drug-likeness (QED) is 0.187. The Kier molecular flexibility index (Phi) is 12.2. The monoisotopic (exact) mass is 640 g/mol. The molecular formula is C38H45FN4O4. The fraction of sp³-hybridized carbons (Fsp3) is 0.368.